The lowest BCUT2D eigenvalue weighted by Gasteiger charge is -2.26. The number of benzene rings is 2. The maximum Gasteiger partial charge on any atom is 0.226 e. The monoisotopic (exact) mass is 361 g/mol. The van der Waals surface area contributed by atoms with Crippen LogP contribution in [0.4, 0.5) is 5.82 Å². The second-order valence-corrected chi connectivity index (χ2v) is 7.21. The number of hydrogen-bond donors (Lipinski definition) is 1. The molecule has 2 heterocycles. The van der Waals surface area contributed by atoms with Crippen LogP contribution < -0.4 is 10.1 Å². The number of carbonyl (C=O) groups excluding carboxylic acids is 1. The van der Waals surface area contributed by atoms with E-state index in [9.17, 15) is 4.79 Å². The number of amides is 1. The standard InChI is InChI=1S/C22H23N3O2/c1-14(2)27-20-7-5-4-6-17(20)18-12-21(26)24-22-19(18)13-23-25(22)16-10-8-15(3)9-11-16/h4-11,13-14,18H,12H2,1-3H3,(H,24,26)/t18-/m0/s1. The number of nitrogens with one attached hydrogen (secondary N) is 1. The van der Waals surface area contributed by atoms with Gasteiger partial charge in [-0.05, 0) is 39.0 Å². The summed E-state index contributed by atoms with van der Waals surface area (Å²) in [5.41, 5.74) is 4.14. The van der Waals surface area contributed by atoms with Crippen LogP contribution in [0, 0.1) is 6.92 Å². The normalized spacial score (nSPS) is 16.1. The maximum absolute atomic E-state index is 12.5. The molecule has 0 unspecified atom stereocenters. The first-order valence-electron chi connectivity index (χ1n) is 9.23. The van der Waals surface area contributed by atoms with E-state index in [4.69, 9.17) is 4.74 Å². The lowest BCUT2D eigenvalue weighted by molar-refractivity contribution is -0.116. The summed E-state index contributed by atoms with van der Waals surface area (Å²) in [4.78, 5) is 12.5. The second kappa shape index (κ2) is 6.91. The van der Waals surface area contributed by atoms with Crippen LogP contribution in [0.15, 0.2) is 54.7 Å². The first kappa shape index (κ1) is 17.3. The molecule has 1 aromatic heterocycles. The van der Waals surface area contributed by atoms with Gasteiger partial charge in [0.25, 0.3) is 0 Å². The van der Waals surface area contributed by atoms with Crippen molar-refractivity contribution in [1.29, 1.82) is 0 Å². The van der Waals surface area contributed by atoms with E-state index in [1.807, 2.05) is 75.5 Å². The highest BCUT2D eigenvalue weighted by Gasteiger charge is 2.32. The highest BCUT2D eigenvalue weighted by molar-refractivity contribution is 5.94. The molecule has 0 saturated carbocycles. The summed E-state index contributed by atoms with van der Waals surface area (Å²) in [5, 5.41) is 7.56. The average molecular weight is 361 g/mol. The third-order valence-electron chi connectivity index (χ3n) is 4.76. The Hall–Kier alpha value is -3.08. The second-order valence-electron chi connectivity index (χ2n) is 7.21. The van der Waals surface area contributed by atoms with E-state index in [-0.39, 0.29) is 17.9 Å². The van der Waals surface area contributed by atoms with E-state index >= 15 is 0 Å². The van der Waals surface area contributed by atoms with E-state index in [1.165, 1.54) is 5.56 Å². The smallest absolute Gasteiger partial charge is 0.226 e. The molecule has 0 saturated heterocycles. The van der Waals surface area contributed by atoms with Crippen molar-refractivity contribution in [2.75, 3.05) is 5.32 Å². The SMILES string of the molecule is Cc1ccc(-n2ncc3c2NC(=O)C[C@H]3c2ccccc2OC(C)C)cc1. The fourth-order valence-corrected chi connectivity index (χ4v) is 3.51. The summed E-state index contributed by atoms with van der Waals surface area (Å²) in [5.74, 6) is 1.46. The minimum absolute atomic E-state index is 0.0132. The van der Waals surface area contributed by atoms with E-state index in [1.54, 1.807) is 4.68 Å². The molecule has 1 amide bonds. The van der Waals surface area contributed by atoms with Crippen LogP contribution in [-0.4, -0.2) is 21.8 Å². The van der Waals surface area contributed by atoms with Gasteiger partial charge in [-0.25, -0.2) is 4.68 Å². The predicted octanol–water partition coefficient (Wildman–Crippen LogP) is 4.44. The average Bonchev–Trinajstić information content (AvgIpc) is 3.05. The number of nitrogens with zero attached hydrogens (tertiary/aromatic N) is 2. The third-order valence-corrected chi connectivity index (χ3v) is 4.76. The Labute approximate surface area is 159 Å². The van der Waals surface area contributed by atoms with Gasteiger partial charge < -0.3 is 10.1 Å². The Kier molecular flexibility index (Phi) is 4.44. The number of fused-ring (bicyclic) bond motifs is 1. The van der Waals surface area contributed by atoms with E-state index < -0.39 is 0 Å². The molecule has 27 heavy (non-hydrogen) atoms. The summed E-state index contributed by atoms with van der Waals surface area (Å²) in [7, 11) is 0. The maximum atomic E-state index is 12.5. The number of carbonyl (C=O) groups is 1. The molecule has 2 aromatic carbocycles. The van der Waals surface area contributed by atoms with Gasteiger partial charge in [0, 0.05) is 23.5 Å². The Bertz CT molecular complexity index is 973. The Morgan fingerprint density at radius 3 is 2.59 bits per heavy atom. The van der Waals surface area contributed by atoms with Crippen LogP contribution in [0.2, 0.25) is 0 Å². The summed E-state index contributed by atoms with van der Waals surface area (Å²) >= 11 is 0. The summed E-state index contributed by atoms with van der Waals surface area (Å²) in [6, 6.07) is 16.0. The lowest BCUT2D eigenvalue weighted by Crippen LogP contribution is -2.25. The zero-order valence-electron chi connectivity index (χ0n) is 15.8. The van der Waals surface area contributed by atoms with Crippen molar-refractivity contribution in [2.24, 2.45) is 0 Å². The van der Waals surface area contributed by atoms with E-state index in [2.05, 4.69) is 10.4 Å². The molecule has 5 nitrogen and oxygen atoms in total. The lowest BCUT2D eigenvalue weighted by atomic mass is 9.87. The van der Waals surface area contributed by atoms with Gasteiger partial charge in [0.1, 0.15) is 11.6 Å². The van der Waals surface area contributed by atoms with Crippen LogP contribution in [0.1, 0.15) is 42.9 Å². The fraction of sp³-hybridized carbons (Fsp3) is 0.273. The van der Waals surface area contributed by atoms with Crippen molar-refractivity contribution in [2.45, 2.75) is 39.2 Å². The zero-order valence-corrected chi connectivity index (χ0v) is 15.8. The van der Waals surface area contributed by atoms with Gasteiger partial charge in [0.2, 0.25) is 5.91 Å². The Balaban J connectivity index is 1.79. The molecule has 5 heteroatoms. The molecule has 0 fully saturated rings. The molecule has 1 aliphatic rings. The van der Waals surface area contributed by atoms with Gasteiger partial charge in [0.05, 0.1) is 18.0 Å². The molecule has 138 valence electrons. The molecule has 3 aromatic rings. The van der Waals surface area contributed by atoms with E-state index in [0.717, 1.165) is 28.4 Å². The van der Waals surface area contributed by atoms with Gasteiger partial charge in [-0.15, -0.1) is 0 Å². The number of rotatable bonds is 4. The molecule has 4 rings (SSSR count). The molecule has 0 radical (unpaired) electrons. The number of aromatic nitrogens is 2. The molecular formula is C22H23N3O2. The van der Waals surface area contributed by atoms with Crippen LogP contribution in [0.3, 0.4) is 0 Å². The molecule has 0 bridgehead atoms. The van der Waals surface area contributed by atoms with Gasteiger partial charge in [0.15, 0.2) is 0 Å². The summed E-state index contributed by atoms with van der Waals surface area (Å²) < 4.78 is 7.79. The minimum Gasteiger partial charge on any atom is -0.491 e. The van der Waals surface area contributed by atoms with Crippen LogP contribution in [-0.2, 0) is 4.79 Å². The topological polar surface area (TPSA) is 56.2 Å². The van der Waals surface area contributed by atoms with Crippen LogP contribution >= 0.6 is 0 Å². The van der Waals surface area contributed by atoms with Crippen LogP contribution in [0.5, 0.6) is 5.75 Å². The number of anilines is 1. The fourth-order valence-electron chi connectivity index (χ4n) is 3.51. The first-order chi connectivity index (χ1) is 13.0. The van der Waals surface area contributed by atoms with Gasteiger partial charge >= 0.3 is 0 Å². The first-order valence-corrected chi connectivity index (χ1v) is 9.23. The molecule has 0 spiro atoms. The highest BCUT2D eigenvalue weighted by atomic mass is 16.5. The summed E-state index contributed by atoms with van der Waals surface area (Å²) in [6.45, 7) is 6.06. The van der Waals surface area contributed by atoms with Gasteiger partial charge in [-0.1, -0.05) is 35.9 Å². The van der Waals surface area contributed by atoms with Crippen molar-refractivity contribution in [3.63, 3.8) is 0 Å². The zero-order chi connectivity index (χ0) is 19.0. The predicted molar refractivity (Wildman–Crippen MR) is 106 cm³/mol. The van der Waals surface area contributed by atoms with E-state index in [0.29, 0.717) is 6.42 Å². The molecule has 1 N–H and O–H groups in total. The third kappa shape index (κ3) is 3.33. The van der Waals surface area contributed by atoms with Gasteiger partial charge in [-0.2, -0.15) is 5.10 Å². The Morgan fingerprint density at radius 2 is 1.85 bits per heavy atom. The van der Waals surface area contributed by atoms with Crippen molar-refractivity contribution < 1.29 is 9.53 Å². The highest BCUT2D eigenvalue weighted by Crippen LogP contribution is 2.41. The number of ether oxygens (including phenoxy) is 1. The van der Waals surface area contributed by atoms with Crippen molar-refractivity contribution in [3.05, 3.63) is 71.4 Å². The summed E-state index contributed by atoms with van der Waals surface area (Å²) in [6.07, 6.45) is 2.30. The number of aryl methyl sites for hydroxylation is 1. The van der Waals surface area contributed by atoms with Crippen molar-refractivity contribution in [1.82, 2.24) is 9.78 Å². The quantitative estimate of drug-likeness (QED) is 0.747. The Morgan fingerprint density at radius 1 is 1.11 bits per heavy atom. The van der Waals surface area contributed by atoms with Crippen LogP contribution in [0.25, 0.3) is 5.69 Å². The molecule has 0 aliphatic carbocycles. The van der Waals surface area contributed by atoms with Gasteiger partial charge in [-0.3, -0.25) is 4.79 Å². The molecular weight excluding hydrogens is 338 g/mol. The minimum atomic E-state index is -0.0806. The largest absolute Gasteiger partial charge is 0.491 e. The number of hydrogen-bond acceptors (Lipinski definition) is 3. The number of para-hydroxylation sites is 1. The molecule has 1 atom stereocenters. The molecule has 1 aliphatic heterocycles. The van der Waals surface area contributed by atoms with Crippen molar-refractivity contribution >= 4 is 11.7 Å². The van der Waals surface area contributed by atoms with Crippen molar-refractivity contribution in [3.8, 4) is 11.4 Å².